The maximum Gasteiger partial charge on any atom is 0.250 e. The van der Waals surface area contributed by atoms with E-state index in [0.29, 0.717) is 16.8 Å². The summed E-state index contributed by atoms with van der Waals surface area (Å²) < 4.78 is 28.1. The van der Waals surface area contributed by atoms with Crippen LogP contribution >= 0.6 is 27.3 Å². The number of hydrogen-bond acceptors (Lipinski definition) is 4. The third-order valence-corrected chi connectivity index (χ3v) is 7.52. The Morgan fingerprint density at radius 3 is 2.90 bits per heavy atom. The van der Waals surface area contributed by atoms with Crippen molar-refractivity contribution in [1.82, 2.24) is 9.62 Å². The standard InChI is InChI=1S/C14H23BrN2O2S2/c1-2-12-6-3-4-10-17(12)11-5-9-16-21(18,19)14-8-7-13(15)20-14/h7-8,12,16H,2-6,9-11H2,1H3/t12-/m1/s1. The normalized spacial score (nSPS) is 20.8. The van der Waals surface area contributed by atoms with Gasteiger partial charge in [-0.15, -0.1) is 11.3 Å². The van der Waals surface area contributed by atoms with Gasteiger partial charge in [-0.2, -0.15) is 0 Å². The van der Waals surface area contributed by atoms with E-state index in [-0.39, 0.29) is 0 Å². The number of rotatable bonds is 7. The summed E-state index contributed by atoms with van der Waals surface area (Å²) in [7, 11) is -3.34. The van der Waals surface area contributed by atoms with Crippen LogP contribution in [0.3, 0.4) is 0 Å². The molecule has 120 valence electrons. The lowest BCUT2D eigenvalue weighted by atomic mass is 10.00. The minimum atomic E-state index is -3.34. The van der Waals surface area contributed by atoms with Crippen LogP contribution in [0.1, 0.15) is 39.0 Å². The molecule has 2 rings (SSSR count). The Hall–Kier alpha value is 0.0500. The quantitative estimate of drug-likeness (QED) is 0.720. The summed E-state index contributed by atoms with van der Waals surface area (Å²) in [5.41, 5.74) is 0. The number of nitrogens with one attached hydrogen (secondary N) is 1. The monoisotopic (exact) mass is 394 g/mol. The van der Waals surface area contributed by atoms with Gasteiger partial charge in [0.15, 0.2) is 0 Å². The molecule has 0 saturated carbocycles. The zero-order valence-electron chi connectivity index (χ0n) is 12.3. The molecule has 0 amide bonds. The van der Waals surface area contributed by atoms with Crippen LogP contribution < -0.4 is 4.72 Å². The highest BCUT2D eigenvalue weighted by Gasteiger charge is 2.20. The van der Waals surface area contributed by atoms with Crippen molar-refractivity contribution < 1.29 is 8.42 Å². The van der Waals surface area contributed by atoms with E-state index in [4.69, 9.17) is 0 Å². The highest BCUT2D eigenvalue weighted by molar-refractivity contribution is 9.11. The Bertz CT molecular complexity index is 545. The molecule has 7 heteroatoms. The summed E-state index contributed by atoms with van der Waals surface area (Å²) in [5, 5.41) is 0. The molecule has 0 spiro atoms. The van der Waals surface area contributed by atoms with Gasteiger partial charge in [-0.25, -0.2) is 13.1 Å². The van der Waals surface area contributed by atoms with E-state index >= 15 is 0 Å². The number of nitrogens with zero attached hydrogens (tertiary/aromatic N) is 1. The lowest BCUT2D eigenvalue weighted by Gasteiger charge is -2.35. The highest BCUT2D eigenvalue weighted by atomic mass is 79.9. The third kappa shape index (κ3) is 5.03. The summed E-state index contributed by atoms with van der Waals surface area (Å²) in [6.07, 6.45) is 5.93. The second-order valence-corrected chi connectivity index (χ2v) is 9.86. The summed E-state index contributed by atoms with van der Waals surface area (Å²) in [4.78, 5) is 2.51. The lowest BCUT2D eigenvalue weighted by molar-refractivity contribution is 0.143. The van der Waals surface area contributed by atoms with E-state index in [1.54, 1.807) is 12.1 Å². The minimum Gasteiger partial charge on any atom is -0.300 e. The van der Waals surface area contributed by atoms with Crippen LogP contribution in [0.4, 0.5) is 0 Å². The number of thiophene rings is 1. The molecule has 1 fully saturated rings. The third-order valence-electron chi connectivity index (χ3n) is 3.95. The molecule has 1 aliphatic heterocycles. The first-order valence-corrected chi connectivity index (χ1v) is 10.6. The first-order valence-electron chi connectivity index (χ1n) is 7.52. The molecular weight excluding hydrogens is 372 g/mol. The van der Waals surface area contributed by atoms with Crippen molar-refractivity contribution in [3.8, 4) is 0 Å². The molecule has 0 unspecified atom stereocenters. The smallest absolute Gasteiger partial charge is 0.250 e. The molecule has 1 aromatic rings. The van der Waals surface area contributed by atoms with E-state index < -0.39 is 10.0 Å². The number of piperidine rings is 1. The number of hydrogen-bond donors (Lipinski definition) is 1. The average molecular weight is 395 g/mol. The zero-order chi connectivity index (χ0) is 15.3. The van der Waals surface area contributed by atoms with Crippen LogP contribution in [0.5, 0.6) is 0 Å². The Morgan fingerprint density at radius 2 is 2.24 bits per heavy atom. The Balaban J connectivity index is 1.76. The van der Waals surface area contributed by atoms with Gasteiger partial charge in [0.05, 0.1) is 3.79 Å². The predicted octanol–water partition coefficient (Wildman–Crippen LogP) is 3.44. The zero-order valence-corrected chi connectivity index (χ0v) is 15.6. The van der Waals surface area contributed by atoms with Gasteiger partial charge >= 0.3 is 0 Å². The average Bonchev–Trinajstić information content (AvgIpc) is 2.91. The maximum absolute atomic E-state index is 12.1. The Labute approximate surface area is 140 Å². The minimum absolute atomic E-state index is 0.374. The summed E-state index contributed by atoms with van der Waals surface area (Å²) in [6.45, 7) is 4.88. The van der Waals surface area contributed by atoms with Crippen LogP contribution in [0.2, 0.25) is 0 Å². The van der Waals surface area contributed by atoms with Crippen molar-refractivity contribution in [2.24, 2.45) is 0 Å². The Morgan fingerprint density at radius 1 is 1.43 bits per heavy atom. The molecule has 0 radical (unpaired) electrons. The summed E-state index contributed by atoms with van der Waals surface area (Å²) in [6, 6.07) is 4.08. The summed E-state index contributed by atoms with van der Waals surface area (Å²) >= 11 is 4.53. The molecule has 0 aromatic carbocycles. The molecule has 1 aromatic heterocycles. The van der Waals surface area contributed by atoms with Crippen molar-refractivity contribution in [3.63, 3.8) is 0 Å². The molecule has 1 saturated heterocycles. The van der Waals surface area contributed by atoms with Crippen LogP contribution in [-0.4, -0.2) is 39.0 Å². The maximum atomic E-state index is 12.1. The molecule has 4 nitrogen and oxygen atoms in total. The number of halogens is 1. The van der Waals surface area contributed by atoms with Crippen molar-refractivity contribution in [3.05, 3.63) is 15.9 Å². The van der Waals surface area contributed by atoms with Crippen LogP contribution in [0.25, 0.3) is 0 Å². The molecule has 2 heterocycles. The number of sulfonamides is 1. The first-order chi connectivity index (χ1) is 10.0. The molecule has 0 aliphatic carbocycles. The Kier molecular flexibility index (Phi) is 6.68. The van der Waals surface area contributed by atoms with Crippen molar-refractivity contribution in [2.75, 3.05) is 19.6 Å². The summed E-state index contributed by atoms with van der Waals surface area (Å²) in [5.74, 6) is 0. The molecule has 21 heavy (non-hydrogen) atoms. The topological polar surface area (TPSA) is 49.4 Å². The SMILES string of the molecule is CC[C@@H]1CCCCN1CCCNS(=O)(=O)c1ccc(Br)s1. The van der Waals surface area contributed by atoms with Gasteiger partial charge in [0.2, 0.25) is 10.0 Å². The van der Waals surface area contributed by atoms with Crippen molar-refractivity contribution in [2.45, 2.75) is 49.3 Å². The van der Waals surface area contributed by atoms with E-state index in [9.17, 15) is 8.42 Å². The lowest BCUT2D eigenvalue weighted by Crippen LogP contribution is -2.40. The van der Waals surface area contributed by atoms with Gasteiger partial charge in [0.25, 0.3) is 0 Å². The fraction of sp³-hybridized carbons (Fsp3) is 0.714. The van der Waals surface area contributed by atoms with Gasteiger partial charge in [0, 0.05) is 12.6 Å². The first kappa shape index (κ1) is 17.4. The molecule has 1 atom stereocenters. The predicted molar refractivity (Wildman–Crippen MR) is 91.3 cm³/mol. The highest BCUT2D eigenvalue weighted by Crippen LogP contribution is 2.25. The van der Waals surface area contributed by atoms with Crippen LogP contribution in [0.15, 0.2) is 20.1 Å². The van der Waals surface area contributed by atoms with E-state index in [0.717, 1.165) is 23.3 Å². The van der Waals surface area contributed by atoms with Crippen molar-refractivity contribution >= 4 is 37.3 Å². The van der Waals surface area contributed by atoms with Gasteiger partial charge < -0.3 is 4.90 Å². The fourth-order valence-electron chi connectivity index (χ4n) is 2.82. The second kappa shape index (κ2) is 8.06. The molecule has 1 aliphatic rings. The number of likely N-dealkylation sites (tertiary alicyclic amines) is 1. The molecular formula is C14H23BrN2O2S2. The van der Waals surface area contributed by atoms with Gasteiger partial charge in [-0.3, -0.25) is 0 Å². The van der Waals surface area contributed by atoms with E-state index in [1.807, 2.05) is 0 Å². The van der Waals surface area contributed by atoms with Crippen molar-refractivity contribution in [1.29, 1.82) is 0 Å². The van der Waals surface area contributed by atoms with Gasteiger partial charge in [-0.05, 0) is 66.8 Å². The second-order valence-electron chi connectivity index (χ2n) is 5.40. The van der Waals surface area contributed by atoms with Gasteiger partial charge in [0.1, 0.15) is 4.21 Å². The largest absolute Gasteiger partial charge is 0.300 e. The van der Waals surface area contributed by atoms with Crippen LogP contribution in [-0.2, 0) is 10.0 Å². The van der Waals surface area contributed by atoms with Gasteiger partial charge in [-0.1, -0.05) is 13.3 Å². The van der Waals surface area contributed by atoms with E-state index in [2.05, 4.69) is 32.5 Å². The van der Waals surface area contributed by atoms with E-state index in [1.165, 1.54) is 37.0 Å². The fourth-order valence-corrected chi connectivity index (χ4v) is 5.95. The molecule has 0 bridgehead atoms. The molecule has 1 N–H and O–H groups in total. The van der Waals surface area contributed by atoms with Crippen LogP contribution in [0, 0.1) is 0 Å².